The molecule has 0 bridgehead atoms. The van der Waals surface area contributed by atoms with Crippen LogP contribution in [0.15, 0.2) is 23.2 Å². The average molecular weight is 168 g/mol. The molecule has 1 heterocycles. The van der Waals surface area contributed by atoms with Crippen LogP contribution in [0.5, 0.6) is 0 Å². The van der Waals surface area contributed by atoms with Crippen LogP contribution in [0.3, 0.4) is 0 Å². The molecule has 0 aromatic carbocycles. The Morgan fingerprint density at radius 1 is 1.64 bits per heavy atom. The molecule has 0 atom stereocenters. The molecule has 11 heavy (non-hydrogen) atoms. The summed E-state index contributed by atoms with van der Waals surface area (Å²) >= 11 is 1.78. The maximum Gasteiger partial charge on any atom is 0.0674 e. The molecule has 2 nitrogen and oxygen atoms in total. The quantitative estimate of drug-likeness (QED) is 0.697. The highest BCUT2D eigenvalue weighted by Gasteiger charge is 1.98. The van der Waals surface area contributed by atoms with Gasteiger partial charge in [-0.15, -0.1) is 11.8 Å². The van der Waals surface area contributed by atoms with Gasteiger partial charge < -0.3 is 5.73 Å². The molecular weight excluding hydrogens is 156 g/mol. The largest absolute Gasteiger partial charge is 0.325 e. The summed E-state index contributed by atoms with van der Waals surface area (Å²) in [5.41, 5.74) is 6.50. The minimum Gasteiger partial charge on any atom is -0.325 e. The van der Waals surface area contributed by atoms with Crippen molar-refractivity contribution in [3.8, 4) is 0 Å². The average Bonchev–Trinajstić information content (AvgIpc) is 2.06. The van der Waals surface area contributed by atoms with Crippen LogP contribution in [0.1, 0.15) is 12.6 Å². The molecule has 0 amide bonds. The standard InChI is InChI=1S/C8H12N2S/c1-2-11-8-4-3-5-10-7(8)6-9/h3-5H,2,6,9H2,1H3. The Morgan fingerprint density at radius 3 is 3.09 bits per heavy atom. The Kier molecular flexibility index (Phi) is 3.39. The molecule has 0 aliphatic rings. The van der Waals surface area contributed by atoms with Gasteiger partial charge in [-0.2, -0.15) is 0 Å². The van der Waals surface area contributed by atoms with Crippen molar-refractivity contribution in [3.63, 3.8) is 0 Å². The summed E-state index contributed by atoms with van der Waals surface area (Å²) in [6.07, 6.45) is 1.78. The molecule has 2 N–H and O–H groups in total. The molecule has 0 radical (unpaired) electrons. The minimum atomic E-state index is 0.531. The summed E-state index contributed by atoms with van der Waals surface area (Å²) in [6.45, 7) is 2.65. The smallest absolute Gasteiger partial charge is 0.0674 e. The van der Waals surface area contributed by atoms with Crippen LogP contribution in [0.2, 0.25) is 0 Å². The molecule has 0 saturated carbocycles. The van der Waals surface area contributed by atoms with Gasteiger partial charge in [-0.05, 0) is 17.9 Å². The first kappa shape index (κ1) is 8.56. The lowest BCUT2D eigenvalue weighted by atomic mass is 10.3. The third kappa shape index (κ3) is 2.20. The van der Waals surface area contributed by atoms with Crippen molar-refractivity contribution in [3.05, 3.63) is 24.0 Å². The summed E-state index contributed by atoms with van der Waals surface area (Å²) in [4.78, 5) is 5.38. The molecule has 0 aliphatic carbocycles. The van der Waals surface area contributed by atoms with Crippen molar-refractivity contribution in [2.75, 3.05) is 5.75 Å². The van der Waals surface area contributed by atoms with Crippen molar-refractivity contribution < 1.29 is 0 Å². The zero-order chi connectivity index (χ0) is 8.10. The summed E-state index contributed by atoms with van der Waals surface area (Å²) in [7, 11) is 0. The van der Waals surface area contributed by atoms with Gasteiger partial charge in [0.1, 0.15) is 0 Å². The number of thioether (sulfide) groups is 1. The fourth-order valence-electron chi connectivity index (χ4n) is 0.863. The van der Waals surface area contributed by atoms with Crippen LogP contribution < -0.4 is 5.73 Å². The summed E-state index contributed by atoms with van der Waals surface area (Å²) in [5.74, 6) is 1.07. The number of nitrogens with two attached hydrogens (primary N) is 1. The third-order valence-electron chi connectivity index (χ3n) is 1.34. The van der Waals surface area contributed by atoms with Crippen molar-refractivity contribution in [2.24, 2.45) is 5.73 Å². The highest BCUT2D eigenvalue weighted by Crippen LogP contribution is 2.19. The molecule has 60 valence electrons. The van der Waals surface area contributed by atoms with Crippen molar-refractivity contribution in [2.45, 2.75) is 18.4 Å². The van der Waals surface area contributed by atoms with Crippen LogP contribution in [0.4, 0.5) is 0 Å². The number of aromatic nitrogens is 1. The number of pyridine rings is 1. The zero-order valence-electron chi connectivity index (χ0n) is 6.58. The normalized spacial score (nSPS) is 10.0. The molecule has 0 saturated heterocycles. The Bertz CT molecular complexity index is 225. The molecule has 0 spiro atoms. The van der Waals surface area contributed by atoms with Crippen molar-refractivity contribution in [1.29, 1.82) is 0 Å². The van der Waals surface area contributed by atoms with Gasteiger partial charge in [0.05, 0.1) is 5.69 Å². The Hall–Kier alpha value is -0.540. The number of hydrogen-bond acceptors (Lipinski definition) is 3. The lowest BCUT2D eigenvalue weighted by Gasteiger charge is -2.02. The van der Waals surface area contributed by atoms with E-state index >= 15 is 0 Å². The fraction of sp³-hybridized carbons (Fsp3) is 0.375. The van der Waals surface area contributed by atoms with Crippen LogP contribution >= 0.6 is 11.8 Å². The van der Waals surface area contributed by atoms with Crippen molar-refractivity contribution in [1.82, 2.24) is 4.98 Å². The van der Waals surface area contributed by atoms with E-state index < -0.39 is 0 Å². The van der Waals surface area contributed by atoms with Gasteiger partial charge in [0, 0.05) is 17.6 Å². The number of nitrogens with zero attached hydrogens (tertiary/aromatic N) is 1. The second kappa shape index (κ2) is 4.36. The van der Waals surface area contributed by atoms with E-state index in [9.17, 15) is 0 Å². The summed E-state index contributed by atoms with van der Waals surface area (Å²) in [6, 6.07) is 4.00. The third-order valence-corrected chi connectivity index (χ3v) is 2.31. The Labute approximate surface area is 71.2 Å². The van der Waals surface area contributed by atoms with E-state index in [-0.39, 0.29) is 0 Å². The number of hydrogen-bond donors (Lipinski definition) is 1. The van der Waals surface area contributed by atoms with Crippen molar-refractivity contribution >= 4 is 11.8 Å². The van der Waals surface area contributed by atoms with Gasteiger partial charge in [0.25, 0.3) is 0 Å². The summed E-state index contributed by atoms with van der Waals surface area (Å²) < 4.78 is 0. The Balaban J connectivity index is 2.83. The zero-order valence-corrected chi connectivity index (χ0v) is 7.40. The molecule has 3 heteroatoms. The van der Waals surface area contributed by atoms with E-state index in [2.05, 4.69) is 18.0 Å². The second-order valence-electron chi connectivity index (χ2n) is 2.09. The lowest BCUT2D eigenvalue weighted by Crippen LogP contribution is -2.00. The van der Waals surface area contributed by atoms with E-state index in [1.807, 2.05) is 6.07 Å². The van der Waals surface area contributed by atoms with Gasteiger partial charge in [0.2, 0.25) is 0 Å². The summed E-state index contributed by atoms with van der Waals surface area (Å²) in [5, 5.41) is 0. The molecule has 0 unspecified atom stereocenters. The number of rotatable bonds is 3. The first-order chi connectivity index (χ1) is 5.38. The first-order valence-corrected chi connectivity index (χ1v) is 4.63. The molecule has 1 aromatic rings. The maximum absolute atomic E-state index is 5.51. The second-order valence-corrected chi connectivity index (χ2v) is 3.39. The highest BCUT2D eigenvalue weighted by atomic mass is 32.2. The molecule has 0 aliphatic heterocycles. The fourth-order valence-corrected chi connectivity index (χ4v) is 1.65. The van der Waals surface area contributed by atoms with Crippen LogP contribution in [0, 0.1) is 0 Å². The van der Waals surface area contributed by atoms with E-state index in [0.717, 1.165) is 11.4 Å². The minimum absolute atomic E-state index is 0.531. The van der Waals surface area contributed by atoms with E-state index in [4.69, 9.17) is 5.73 Å². The Morgan fingerprint density at radius 2 is 2.45 bits per heavy atom. The molecule has 1 rings (SSSR count). The highest BCUT2D eigenvalue weighted by molar-refractivity contribution is 7.99. The van der Waals surface area contributed by atoms with E-state index in [1.54, 1.807) is 18.0 Å². The van der Waals surface area contributed by atoms with Gasteiger partial charge in [-0.25, -0.2) is 0 Å². The van der Waals surface area contributed by atoms with Gasteiger partial charge in [-0.1, -0.05) is 6.92 Å². The molecule has 0 fully saturated rings. The van der Waals surface area contributed by atoms with Gasteiger partial charge in [-0.3, -0.25) is 4.98 Å². The SMILES string of the molecule is CCSc1cccnc1CN. The lowest BCUT2D eigenvalue weighted by molar-refractivity contribution is 0.944. The van der Waals surface area contributed by atoms with Gasteiger partial charge >= 0.3 is 0 Å². The first-order valence-electron chi connectivity index (χ1n) is 3.65. The predicted octanol–water partition coefficient (Wildman–Crippen LogP) is 1.65. The van der Waals surface area contributed by atoms with Crippen LogP contribution in [-0.2, 0) is 6.54 Å². The van der Waals surface area contributed by atoms with E-state index in [1.165, 1.54) is 4.90 Å². The maximum atomic E-state index is 5.51. The topological polar surface area (TPSA) is 38.9 Å². The molecule has 1 aromatic heterocycles. The molecular formula is C8H12N2S. The van der Waals surface area contributed by atoms with Crippen LogP contribution in [-0.4, -0.2) is 10.7 Å². The van der Waals surface area contributed by atoms with Crippen LogP contribution in [0.25, 0.3) is 0 Å². The van der Waals surface area contributed by atoms with E-state index in [0.29, 0.717) is 6.54 Å². The van der Waals surface area contributed by atoms with Gasteiger partial charge in [0.15, 0.2) is 0 Å². The monoisotopic (exact) mass is 168 g/mol. The predicted molar refractivity (Wildman–Crippen MR) is 48.5 cm³/mol.